The molecule has 1 atom stereocenters. The molecule has 1 aromatic rings. The zero-order chi connectivity index (χ0) is 20.0. The van der Waals surface area contributed by atoms with E-state index in [4.69, 9.17) is 14.2 Å². The van der Waals surface area contributed by atoms with Crippen molar-refractivity contribution in [1.29, 1.82) is 0 Å². The first-order valence-electron chi connectivity index (χ1n) is 8.55. The molecular formula is C17H24FN3O6. The molecule has 27 heavy (non-hydrogen) atoms. The fourth-order valence-electron chi connectivity index (χ4n) is 2.81. The molecule has 1 aromatic carbocycles. The maximum atomic E-state index is 14.0. The number of methoxy groups -OCH3 is 1. The van der Waals surface area contributed by atoms with Gasteiger partial charge in [-0.15, -0.1) is 0 Å². The van der Waals surface area contributed by atoms with Gasteiger partial charge in [0.2, 0.25) is 11.7 Å². The Kier molecular flexibility index (Phi) is 7.45. The predicted molar refractivity (Wildman–Crippen MR) is 95.7 cm³/mol. The van der Waals surface area contributed by atoms with Crippen molar-refractivity contribution in [2.24, 2.45) is 0 Å². The first kappa shape index (κ1) is 21.0. The summed E-state index contributed by atoms with van der Waals surface area (Å²) in [5, 5.41) is 11.1. The minimum Gasteiger partial charge on any atom is -0.489 e. The molecule has 1 fully saturated rings. The highest BCUT2D eigenvalue weighted by molar-refractivity contribution is 5.98. The molecule has 0 N–H and O–H groups in total. The molecule has 10 heteroatoms. The van der Waals surface area contributed by atoms with Gasteiger partial charge in [0.1, 0.15) is 12.4 Å². The number of nitro groups is 1. The molecule has 1 aliphatic heterocycles. The van der Waals surface area contributed by atoms with E-state index >= 15 is 0 Å². The summed E-state index contributed by atoms with van der Waals surface area (Å²) >= 11 is 0. The van der Waals surface area contributed by atoms with Gasteiger partial charge in [-0.25, -0.2) is 0 Å². The van der Waals surface area contributed by atoms with Gasteiger partial charge in [-0.2, -0.15) is 4.39 Å². The lowest BCUT2D eigenvalue weighted by Gasteiger charge is -2.33. The van der Waals surface area contributed by atoms with E-state index in [1.54, 1.807) is 6.92 Å². The van der Waals surface area contributed by atoms with Crippen LogP contribution in [-0.4, -0.2) is 75.4 Å². The van der Waals surface area contributed by atoms with Gasteiger partial charge in [-0.1, -0.05) is 0 Å². The Morgan fingerprint density at radius 2 is 2.07 bits per heavy atom. The summed E-state index contributed by atoms with van der Waals surface area (Å²) in [6.45, 7) is 4.42. The maximum absolute atomic E-state index is 14.0. The second kappa shape index (κ2) is 9.58. The van der Waals surface area contributed by atoms with Crippen LogP contribution >= 0.6 is 0 Å². The average Bonchev–Trinajstić information content (AvgIpc) is 2.67. The summed E-state index contributed by atoms with van der Waals surface area (Å²) in [5.74, 6) is -1.27. The summed E-state index contributed by atoms with van der Waals surface area (Å²) in [7, 11) is 2.97. The lowest BCUT2D eigenvalue weighted by atomic mass is 10.2. The standard InChI is InChI=1S/C17H24FN3O6/c1-12(20-4-6-26-7-5-20)17(22)19(2)15-11-14(21(23)24)13(18)10-16(15)27-9-8-25-3/h10-12H,4-9H2,1-3H3/t12-/m0/s1. The topological polar surface area (TPSA) is 94.4 Å². The number of nitro benzene ring substituents is 1. The molecule has 1 amide bonds. The molecule has 0 aromatic heterocycles. The highest BCUT2D eigenvalue weighted by Crippen LogP contribution is 2.34. The van der Waals surface area contributed by atoms with E-state index in [2.05, 4.69) is 0 Å². The van der Waals surface area contributed by atoms with Crippen LogP contribution in [0.2, 0.25) is 0 Å². The van der Waals surface area contributed by atoms with Crippen molar-refractivity contribution in [2.75, 3.05) is 58.6 Å². The normalized spacial score (nSPS) is 16.0. The van der Waals surface area contributed by atoms with E-state index < -0.39 is 22.5 Å². The minimum atomic E-state index is -1.03. The van der Waals surface area contributed by atoms with Crippen LogP contribution in [0.3, 0.4) is 0 Å². The number of benzene rings is 1. The zero-order valence-corrected chi connectivity index (χ0v) is 15.6. The van der Waals surface area contributed by atoms with Crippen molar-refractivity contribution in [2.45, 2.75) is 13.0 Å². The van der Waals surface area contributed by atoms with Gasteiger partial charge in [-0.3, -0.25) is 19.8 Å². The van der Waals surface area contributed by atoms with Crippen molar-refractivity contribution in [3.8, 4) is 5.75 Å². The lowest BCUT2D eigenvalue weighted by molar-refractivity contribution is -0.387. The quantitative estimate of drug-likeness (QED) is 0.380. The Bertz CT molecular complexity index is 681. The van der Waals surface area contributed by atoms with E-state index in [0.29, 0.717) is 26.3 Å². The third kappa shape index (κ3) is 5.12. The summed E-state index contributed by atoms with van der Waals surface area (Å²) in [6, 6.07) is 1.48. The first-order valence-corrected chi connectivity index (χ1v) is 8.55. The first-order chi connectivity index (χ1) is 12.9. The molecule has 0 unspecified atom stereocenters. The van der Waals surface area contributed by atoms with Crippen LogP contribution in [0.25, 0.3) is 0 Å². The number of likely N-dealkylation sites (N-methyl/N-ethyl adjacent to an activating group) is 1. The monoisotopic (exact) mass is 385 g/mol. The van der Waals surface area contributed by atoms with Crippen molar-refractivity contribution in [1.82, 2.24) is 4.90 Å². The lowest BCUT2D eigenvalue weighted by Crippen LogP contribution is -2.50. The molecule has 9 nitrogen and oxygen atoms in total. The third-order valence-electron chi connectivity index (χ3n) is 4.41. The smallest absolute Gasteiger partial charge is 0.307 e. The van der Waals surface area contributed by atoms with Gasteiger partial charge >= 0.3 is 5.69 Å². The molecule has 1 heterocycles. The Balaban J connectivity index is 2.29. The summed E-state index contributed by atoms with van der Waals surface area (Å²) in [6.07, 6.45) is 0. The average molecular weight is 385 g/mol. The Hall–Kier alpha value is -2.30. The molecular weight excluding hydrogens is 361 g/mol. The van der Waals surface area contributed by atoms with Gasteiger partial charge < -0.3 is 19.1 Å². The molecule has 1 saturated heterocycles. The van der Waals surface area contributed by atoms with E-state index in [1.165, 1.54) is 19.1 Å². The van der Waals surface area contributed by atoms with Gasteiger partial charge in [0.15, 0.2) is 0 Å². The maximum Gasteiger partial charge on any atom is 0.307 e. The Morgan fingerprint density at radius 1 is 1.41 bits per heavy atom. The number of carbonyl (C=O) groups is 1. The molecule has 0 spiro atoms. The van der Waals surface area contributed by atoms with E-state index in [9.17, 15) is 19.3 Å². The number of nitrogens with zero attached hydrogens (tertiary/aromatic N) is 3. The molecule has 0 radical (unpaired) electrons. The zero-order valence-electron chi connectivity index (χ0n) is 15.6. The highest BCUT2D eigenvalue weighted by Gasteiger charge is 2.29. The van der Waals surface area contributed by atoms with Gasteiger partial charge in [-0.05, 0) is 6.92 Å². The van der Waals surface area contributed by atoms with Gasteiger partial charge in [0.25, 0.3) is 0 Å². The number of hydrogen-bond donors (Lipinski definition) is 0. The molecule has 0 saturated carbocycles. The Morgan fingerprint density at radius 3 is 2.67 bits per heavy atom. The minimum absolute atomic E-state index is 0.0418. The fraction of sp³-hybridized carbons (Fsp3) is 0.588. The number of amides is 1. The molecule has 0 aliphatic carbocycles. The molecule has 1 aliphatic rings. The molecule has 0 bridgehead atoms. The summed E-state index contributed by atoms with van der Waals surface area (Å²) in [4.78, 5) is 26.4. The van der Waals surface area contributed by atoms with Crippen molar-refractivity contribution < 1.29 is 28.3 Å². The van der Waals surface area contributed by atoms with Gasteiger partial charge in [0.05, 0.1) is 36.5 Å². The third-order valence-corrected chi connectivity index (χ3v) is 4.41. The Labute approximate surface area is 156 Å². The van der Waals surface area contributed by atoms with E-state index in [1.807, 2.05) is 4.90 Å². The number of halogens is 1. The van der Waals surface area contributed by atoms with Crippen LogP contribution in [0, 0.1) is 15.9 Å². The van der Waals surface area contributed by atoms with E-state index in [0.717, 1.165) is 12.1 Å². The van der Waals surface area contributed by atoms with Crippen LogP contribution in [0.5, 0.6) is 5.75 Å². The van der Waals surface area contributed by atoms with Crippen LogP contribution in [-0.2, 0) is 14.3 Å². The van der Waals surface area contributed by atoms with Crippen LogP contribution in [0.4, 0.5) is 15.8 Å². The van der Waals surface area contributed by atoms with E-state index in [-0.39, 0.29) is 30.6 Å². The summed E-state index contributed by atoms with van der Waals surface area (Å²) < 4.78 is 29.7. The second-order valence-corrected chi connectivity index (χ2v) is 6.09. The van der Waals surface area contributed by atoms with Crippen molar-refractivity contribution in [3.05, 3.63) is 28.1 Å². The fourth-order valence-corrected chi connectivity index (χ4v) is 2.81. The van der Waals surface area contributed by atoms with Crippen LogP contribution in [0.15, 0.2) is 12.1 Å². The number of carbonyl (C=O) groups excluding carboxylic acids is 1. The number of hydrogen-bond acceptors (Lipinski definition) is 7. The van der Waals surface area contributed by atoms with Gasteiger partial charge in [0, 0.05) is 39.4 Å². The number of anilines is 1. The molecule has 2 rings (SSSR count). The molecule has 150 valence electrons. The predicted octanol–water partition coefficient (Wildman–Crippen LogP) is 1.44. The number of ether oxygens (including phenoxy) is 3. The van der Waals surface area contributed by atoms with Crippen LogP contribution in [0.1, 0.15) is 6.92 Å². The van der Waals surface area contributed by atoms with Crippen molar-refractivity contribution >= 4 is 17.3 Å². The number of rotatable bonds is 8. The summed E-state index contributed by atoms with van der Waals surface area (Å²) in [5.41, 5.74) is -0.591. The SMILES string of the molecule is COCCOc1cc(F)c([N+](=O)[O-])cc1N(C)C(=O)[C@H](C)N1CCOCC1. The van der Waals surface area contributed by atoms with Crippen molar-refractivity contribution in [3.63, 3.8) is 0 Å². The number of morpholine rings is 1. The largest absolute Gasteiger partial charge is 0.489 e. The van der Waals surface area contributed by atoms with Crippen LogP contribution < -0.4 is 9.64 Å². The second-order valence-electron chi connectivity index (χ2n) is 6.09. The highest BCUT2D eigenvalue weighted by atomic mass is 19.1.